The smallest absolute Gasteiger partial charge is 0.349 e. The van der Waals surface area contributed by atoms with E-state index in [2.05, 4.69) is 20.0 Å². The summed E-state index contributed by atoms with van der Waals surface area (Å²) in [5, 5.41) is 3.73. The lowest BCUT2D eigenvalue weighted by Gasteiger charge is -2.24. The number of hydrogen-bond donors (Lipinski definition) is 2. The maximum absolute atomic E-state index is 13.4. The molecule has 2 aromatic carbocycles. The zero-order valence-electron chi connectivity index (χ0n) is 19.1. The van der Waals surface area contributed by atoms with Crippen LogP contribution in [0.25, 0.3) is 10.9 Å². The van der Waals surface area contributed by atoms with Gasteiger partial charge < -0.3 is 5.32 Å². The number of nitrogens with one attached hydrogen (secondary N) is 2. The Morgan fingerprint density at radius 1 is 1.11 bits per heavy atom. The molecule has 0 aliphatic heterocycles. The van der Waals surface area contributed by atoms with E-state index < -0.39 is 21.9 Å². The van der Waals surface area contributed by atoms with Crippen LogP contribution >= 0.6 is 11.6 Å². The molecule has 7 nitrogen and oxygen atoms in total. The molecule has 0 saturated heterocycles. The predicted molar refractivity (Wildman–Crippen MR) is 133 cm³/mol. The van der Waals surface area contributed by atoms with Gasteiger partial charge in [0.15, 0.2) is 0 Å². The number of pyridine rings is 1. The van der Waals surface area contributed by atoms with Crippen LogP contribution in [-0.2, 0) is 16.2 Å². The number of carbonyl (C=O) groups is 1. The van der Waals surface area contributed by atoms with Crippen molar-refractivity contribution in [1.82, 2.24) is 10.3 Å². The lowest BCUT2D eigenvalue weighted by Crippen LogP contribution is -2.37. The van der Waals surface area contributed by atoms with Crippen molar-refractivity contribution in [2.24, 2.45) is 4.99 Å². The Kier molecular flexibility index (Phi) is 7.24. The van der Waals surface area contributed by atoms with E-state index in [1.807, 2.05) is 0 Å². The second-order valence-electron chi connectivity index (χ2n) is 8.57. The lowest BCUT2D eigenvalue weighted by molar-refractivity contribution is -0.140. The fraction of sp³-hybridized carbons (Fsp3) is 0.292. The van der Waals surface area contributed by atoms with E-state index in [1.165, 1.54) is 18.2 Å². The summed E-state index contributed by atoms with van der Waals surface area (Å²) >= 11 is 6.05. The van der Waals surface area contributed by atoms with Crippen molar-refractivity contribution in [1.29, 1.82) is 0 Å². The quantitative estimate of drug-likeness (QED) is 0.433. The van der Waals surface area contributed by atoms with Crippen molar-refractivity contribution in [2.75, 3.05) is 11.0 Å². The maximum atomic E-state index is 13.4. The molecule has 3 aromatic rings. The molecule has 0 unspecified atom stereocenters. The first kappa shape index (κ1) is 25.9. The number of benzene rings is 2. The fourth-order valence-electron chi connectivity index (χ4n) is 4.00. The number of nitrogens with zero attached hydrogens (tertiary/aromatic N) is 2. The Bertz CT molecular complexity index is 1450. The summed E-state index contributed by atoms with van der Waals surface area (Å²) in [4.78, 5) is 20.9. The Hall–Kier alpha value is -3.18. The number of alkyl halides is 3. The van der Waals surface area contributed by atoms with Gasteiger partial charge in [-0.05, 0) is 68.1 Å². The van der Waals surface area contributed by atoms with Gasteiger partial charge in [-0.25, -0.2) is 13.4 Å². The number of amides is 1. The molecule has 1 amide bonds. The van der Waals surface area contributed by atoms with Crippen molar-refractivity contribution in [3.8, 4) is 0 Å². The van der Waals surface area contributed by atoms with Gasteiger partial charge in [0.1, 0.15) is 5.69 Å². The summed E-state index contributed by atoms with van der Waals surface area (Å²) < 4.78 is 65.3. The topological polar surface area (TPSA) is 101 Å². The minimum atomic E-state index is -4.61. The largest absolute Gasteiger partial charge is 0.433 e. The first-order chi connectivity index (χ1) is 16.9. The SMILES string of the molecule is CS(=O)(=O)Nc1cccc(C(=O)NC2CCC(=Nc3cc(C(F)(F)F)nc4ccc(Cl)cc34)CC2)c1. The number of rotatable bonds is 5. The van der Waals surface area contributed by atoms with E-state index >= 15 is 0 Å². The van der Waals surface area contributed by atoms with Gasteiger partial charge in [-0.2, -0.15) is 13.2 Å². The van der Waals surface area contributed by atoms with Crippen molar-refractivity contribution in [3.05, 3.63) is 64.8 Å². The summed E-state index contributed by atoms with van der Waals surface area (Å²) in [6.07, 6.45) is -1.49. The average Bonchev–Trinajstić information content (AvgIpc) is 2.79. The van der Waals surface area contributed by atoms with Crippen LogP contribution in [0.1, 0.15) is 41.7 Å². The van der Waals surface area contributed by atoms with Crippen LogP contribution in [0.15, 0.2) is 53.5 Å². The molecular formula is C24H22ClF3N4O3S. The summed E-state index contributed by atoms with van der Waals surface area (Å²) in [5.74, 6) is -0.345. The second-order valence-corrected chi connectivity index (χ2v) is 10.8. The van der Waals surface area contributed by atoms with Crippen LogP contribution in [0.3, 0.4) is 0 Å². The molecule has 0 atom stereocenters. The predicted octanol–water partition coefficient (Wildman–Crippen LogP) is 5.72. The summed E-state index contributed by atoms with van der Waals surface area (Å²) in [6, 6.07) is 11.4. The van der Waals surface area contributed by atoms with Crippen LogP contribution in [0.5, 0.6) is 0 Å². The standard InChI is InChI=1S/C24H22ClF3N4O3S/c1-36(34,35)32-18-4-2-3-14(11-18)23(33)30-17-8-6-16(7-9-17)29-21-13-22(24(26,27)28)31-20-10-5-15(25)12-19(20)21/h2-5,10-13,17,32H,6-9H2,1H3,(H,30,33). The lowest BCUT2D eigenvalue weighted by atomic mass is 9.93. The zero-order chi connectivity index (χ0) is 26.1. The van der Waals surface area contributed by atoms with Gasteiger partial charge in [0.25, 0.3) is 5.91 Å². The maximum Gasteiger partial charge on any atom is 0.433 e. The number of aromatic nitrogens is 1. The average molecular weight is 539 g/mol. The molecule has 1 aromatic heterocycles. The number of fused-ring (bicyclic) bond motifs is 1. The summed E-state index contributed by atoms with van der Waals surface area (Å²) in [5.41, 5.74) is 0.601. The number of carbonyl (C=O) groups excluding carboxylic acids is 1. The first-order valence-corrected chi connectivity index (χ1v) is 13.3. The molecule has 190 valence electrons. The van der Waals surface area contributed by atoms with Crippen LogP contribution in [0.2, 0.25) is 5.02 Å². The molecule has 12 heteroatoms. The van der Waals surface area contributed by atoms with Gasteiger partial charge in [0.05, 0.1) is 17.5 Å². The van der Waals surface area contributed by atoms with E-state index in [-0.39, 0.29) is 28.8 Å². The van der Waals surface area contributed by atoms with Crippen LogP contribution in [-0.4, -0.2) is 37.3 Å². The Morgan fingerprint density at radius 3 is 2.50 bits per heavy atom. The van der Waals surface area contributed by atoms with E-state index in [1.54, 1.807) is 24.3 Å². The van der Waals surface area contributed by atoms with Gasteiger partial charge in [0.2, 0.25) is 10.0 Å². The molecule has 36 heavy (non-hydrogen) atoms. The van der Waals surface area contributed by atoms with Crippen molar-refractivity contribution in [2.45, 2.75) is 37.9 Å². The molecule has 2 N–H and O–H groups in total. The highest BCUT2D eigenvalue weighted by molar-refractivity contribution is 7.92. The van der Waals surface area contributed by atoms with Crippen molar-refractivity contribution < 1.29 is 26.4 Å². The van der Waals surface area contributed by atoms with Crippen LogP contribution in [0.4, 0.5) is 24.5 Å². The Labute approximate surface area is 210 Å². The number of sulfonamides is 1. The highest BCUT2D eigenvalue weighted by atomic mass is 35.5. The number of hydrogen-bond acceptors (Lipinski definition) is 5. The van der Waals surface area contributed by atoms with Crippen LogP contribution < -0.4 is 10.0 Å². The monoisotopic (exact) mass is 538 g/mol. The van der Waals surface area contributed by atoms with Crippen molar-refractivity contribution in [3.63, 3.8) is 0 Å². The molecule has 0 radical (unpaired) electrons. The van der Waals surface area contributed by atoms with Gasteiger partial charge in [-0.15, -0.1) is 0 Å². The van der Waals surface area contributed by atoms with Crippen LogP contribution in [0, 0.1) is 0 Å². The highest BCUT2D eigenvalue weighted by Crippen LogP contribution is 2.36. The van der Waals surface area contributed by atoms with E-state index in [0.29, 0.717) is 41.7 Å². The number of halogens is 4. The molecule has 1 aliphatic rings. The fourth-order valence-corrected chi connectivity index (χ4v) is 4.73. The van der Waals surface area contributed by atoms with E-state index in [4.69, 9.17) is 11.6 Å². The Balaban J connectivity index is 1.47. The number of aliphatic imine (C=N–C) groups is 1. The second kappa shape index (κ2) is 10.1. The van der Waals surface area contributed by atoms with Gasteiger partial charge in [-0.1, -0.05) is 17.7 Å². The molecule has 0 bridgehead atoms. The molecule has 0 spiro atoms. The third kappa shape index (κ3) is 6.52. The number of anilines is 1. The minimum absolute atomic E-state index is 0.155. The van der Waals surface area contributed by atoms with Gasteiger partial charge in [-0.3, -0.25) is 14.5 Å². The molecule has 4 rings (SSSR count). The third-order valence-electron chi connectivity index (χ3n) is 5.64. The minimum Gasteiger partial charge on any atom is -0.349 e. The zero-order valence-corrected chi connectivity index (χ0v) is 20.6. The highest BCUT2D eigenvalue weighted by Gasteiger charge is 2.33. The Morgan fingerprint density at radius 2 is 1.83 bits per heavy atom. The third-order valence-corrected chi connectivity index (χ3v) is 6.49. The summed E-state index contributed by atoms with van der Waals surface area (Å²) in [6.45, 7) is 0. The molecule has 1 fully saturated rings. The molecular weight excluding hydrogens is 517 g/mol. The normalized spacial score (nSPS) is 16.6. The van der Waals surface area contributed by atoms with E-state index in [9.17, 15) is 26.4 Å². The van der Waals surface area contributed by atoms with Gasteiger partial charge in [0, 0.05) is 33.4 Å². The summed E-state index contributed by atoms with van der Waals surface area (Å²) in [7, 11) is -3.47. The van der Waals surface area contributed by atoms with Crippen molar-refractivity contribution >= 4 is 55.5 Å². The first-order valence-electron chi connectivity index (χ1n) is 11.0. The molecule has 1 heterocycles. The molecule has 1 aliphatic carbocycles. The van der Waals surface area contributed by atoms with Gasteiger partial charge >= 0.3 is 6.18 Å². The molecule has 1 saturated carbocycles. The van der Waals surface area contributed by atoms with E-state index in [0.717, 1.165) is 18.0 Å².